The summed E-state index contributed by atoms with van der Waals surface area (Å²) >= 11 is 5.14. The van der Waals surface area contributed by atoms with Gasteiger partial charge in [-0.1, -0.05) is 15.9 Å². The second-order valence-electron chi connectivity index (χ2n) is 2.56. The molecule has 0 fully saturated rings. The van der Waals surface area contributed by atoms with Crippen LogP contribution in [-0.2, 0) is 5.33 Å². The zero-order valence-electron chi connectivity index (χ0n) is 6.82. The molecule has 1 rings (SSSR count). The molecule has 1 aromatic heterocycles. The first-order chi connectivity index (χ1) is 6.06. The highest BCUT2D eigenvalue weighted by atomic mass is 127. The van der Waals surface area contributed by atoms with Crippen molar-refractivity contribution in [3.8, 4) is 0 Å². The summed E-state index contributed by atoms with van der Waals surface area (Å²) in [6.45, 7) is 1.71. The van der Waals surface area contributed by atoms with E-state index in [-0.39, 0.29) is 5.56 Å². The van der Waals surface area contributed by atoms with Crippen LogP contribution in [0.2, 0.25) is 0 Å². The Labute approximate surface area is 97.2 Å². The first-order valence-electron chi connectivity index (χ1n) is 3.56. The maximum absolute atomic E-state index is 12.5. The zero-order valence-corrected chi connectivity index (χ0v) is 10.6. The number of alkyl halides is 3. The molecule has 0 aliphatic carbocycles. The topological polar surface area (TPSA) is 12.9 Å². The van der Waals surface area contributed by atoms with Gasteiger partial charge in [-0.25, -0.2) is 13.8 Å². The van der Waals surface area contributed by atoms with Gasteiger partial charge in [0.25, 0.3) is 6.43 Å². The first kappa shape index (κ1) is 11.3. The van der Waals surface area contributed by atoms with Crippen LogP contribution in [0.1, 0.15) is 23.2 Å². The molecule has 0 atom stereocenters. The predicted molar refractivity (Wildman–Crippen MR) is 59.3 cm³/mol. The Balaban J connectivity index is 3.29. The third-order valence-electron chi connectivity index (χ3n) is 1.61. The molecular formula is C8H7BrF2IN. The van der Waals surface area contributed by atoms with Crippen molar-refractivity contribution in [3.05, 3.63) is 26.6 Å². The van der Waals surface area contributed by atoms with E-state index in [4.69, 9.17) is 0 Å². The second-order valence-corrected chi connectivity index (χ2v) is 4.14. The van der Waals surface area contributed by atoms with Gasteiger partial charge in [0.05, 0.1) is 0 Å². The van der Waals surface area contributed by atoms with Crippen molar-refractivity contribution in [3.63, 3.8) is 0 Å². The van der Waals surface area contributed by atoms with Crippen molar-refractivity contribution >= 4 is 38.5 Å². The summed E-state index contributed by atoms with van der Waals surface area (Å²) in [4.78, 5) is 4.11. The van der Waals surface area contributed by atoms with E-state index >= 15 is 0 Å². The van der Waals surface area contributed by atoms with Crippen LogP contribution in [-0.4, -0.2) is 4.98 Å². The zero-order chi connectivity index (χ0) is 10.0. The molecule has 0 amide bonds. The number of aryl methyl sites for hydroxylation is 1. The monoisotopic (exact) mass is 361 g/mol. The van der Waals surface area contributed by atoms with Crippen molar-refractivity contribution < 1.29 is 8.78 Å². The lowest BCUT2D eigenvalue weighted by Crippen LogP contribution is -2.00. The van der Waals surface area contributed by atoms with E-state index in [2.05, 4.69) is 20.9 Å². The van der Waals surface area contributed by atoms with Crippen molar-refractivity contribution in [1.82, 2.24) is 4.98 Å². The lowest BCUT2D eigenvalue weighted by molar-refractivity contribution is 0.150. The molecule has 0 saturated carbocycles. The van der Waals surface area contributed by atoms with Crippen LogP contribution in [0.15, 0.2) is 6.07 Å². The van der Waals surface area contributed by atoms with Crippen LogP contribution in [0.5, 0.6) is 0 Å². The van der Waals surface area contributed by atoms with Gasteiger partial charge >= 0.3 is 0 Å². The fraction of sp³-hybridized carbons (Fsp3) is 0.375. The molecule has 0 aromatic carbocycles. The largest absolute Gasteiger partial charge is 0.264 e. The highest BCUT2D eigenvalue weighted by Gasteiger charge is 2.15. The minimum absolute atomic E-state index is 0.0776. The molecule has 0 bridgehead atoms. The average Bonchev–Trinajstić information content (AvgIpc) is 2.02. The number of hydrogen-bond donors (Lipinski definition) is 0. The molecule has 13 heavy (non-hydrogen) atoms. The minimum atomic E-state index is -2.43. The second kappa shape index (κ2) is 4.63. The van der Waals surface area contributed by atoms with Crippen molar-refractivity contribution in [2.45, 2.75) is 18.7 Å². The van der Waals surface area contributed by atoms with E-state index in [9.17, 15) is 8.78 Å². The van der Waals surface area contributed by atoms with Crippen molar-refractivity contribution in [1.29, 1.82) is 0 Å². The van der Waals surface area contributed by atoms with Gasteiger partial charge in [0.2, 0.25) is 0 Å². The molecule has 0 radical (unpaired) electrons. The van der Waals surface area contributed by atoms with E-state index in [0.717, 1.165) is 0 Å². The Morgan fingerprint density at radius 1 is 1.62 bits per heavy atom. The number of pyridine rings is 1. The van der Waals surface area contributed by atoms with Crippen LogP contribution in [0.25, 0.3) is 0 Å². The molecule has 0 N–H and O–H groups in total. The highest BCUT2D eigenvalue weighted by molar-refractivity contribution is 14.1. The van der Waals surface area contributed by atoms with Crippen molar-refractivity contribution in [2.24, 2.45) is 0 Å². The Hall–Kier alpha value is 0.220. The van der Waals surface area contributed by atoms with E-state index in [0.29, 0.717) is 20.3 Å². The van der Waals surface area contributed by atoms with Gasteiger partial charge < -0.3 is 0 Å². The maximum Gasteiger partial charge on any atom is 0.264 e. The van der Waals surface area contributed by atoms with E-state index < -0.39 is 6.43 Å². The summed E-state index contributed by atoms with van der Waals surface area (Å²) < 4.78 is 25.7. The van der Waals surface area contributed by atoms with E-state index in [1.54, 1.807) is 6.92 Å². The normalized spacial score (nSPS) is 10.9. The molecule has 0 aliphatic rings. The van der Waals surface area contributed by atoms with Gasteiger partial charge in [0, 0.05) is 22.2 Å². The van der Waals surface area contributed by atoms with Crippen molar-refractivity contribution in [2.75, 3.05) is 0 Å². The number of halogens is 4. The van der Waals surface area contributed by atoms with Gasteiger partial charge in [-0.05, 0) is 35.6 Å². The number of rotatable bonds is 2. The van der Waals surface area contributed by atoms with E-state index in [1.165, 1.54) is 6.07 Å². The fourth-order valence-electron chi connectivity index (χ4n) is 1.01. The number of nitrogens with zero attached hydrogens (tertiary/aromatic N) is 1. The fourth-order valence-corrected chi connectivity index (χ4v) is 3.01. The van der Waals surface area contributed by atoms with Crippen LogP contribution >= 0.6 is 38.5 Å². The molecule has 5 heteroatoms. The Morgan fingerprint density at radius 2 is 2.23 bits per heavy atom. The van der Waals surface area contributed by atoms with Gasteiger partial charge in [-0.2, -0.15) is 0 Å². The summed E-state index contributed by atoms with van der Waals surface area (Å²) in [5.74, 6) is 0. The molecular weight excluding hydrogens is 355 g/mol. The van der Waals surface area contributed by atoms with Crippen LogP contribution < -0.4 is 0 Å². The van der Waals surface area contributed by atoms with Gasteiger partial charge in [0.15, 0.2) is 0 Å². The Bertz CT molecular complexity index is 317. The first-order valence-corrected chi connectivity index (χ1v) is 5.76. The molecule has 0 saturated heterocycles. The molecule has 1 nitrogen and oxygen atoms in total. The molecule has 1 heterocycles. The summed E-state index contributed by atoms with van der Waals surface area (Å²) in [7, 11) is 0. The maximum atomic E-state index is 12.5. The molecule has 72 valence electrons. The quantitative estimate of drug-likeness (QED) is 0.443. The summed E-state index contributed by atoms with van der Waals surface area (Å²) in [5.41, 5.74) is 1.29. The third kappa shape index (κ3) is 2.59. The van der Waals surface area contributed by atoms with E-state index in [1.807, 2.05) is 22.6 Å². The third-order valence-corrected chi connectivity index (χ3v) is 3.06. The van der Waals surface area contributed by atoms with Crippen LogP contribution in [0.4, 0.5) is 8.78 Å². The highest BCUT2D eigenvalue weighted by Crippen LogP contribution is 2.27. The number of aromatic nitrogens is 1. The molecule has 0 unspecified atom stereocenters. The summed E-state index contributed by atoms with van der Waals surface area (Å²) in [6.07, 6.45) is -2.43. The predicted octanol–water partition coefficient (Wildman–Crippen LogP) is 3.83. The standard InChI is InChI=1S/C8H7BrF2IN/c1-4-2-5(7(10)11)6(3-9)8(12)13-4/h2,7H,3H2,1H3. The smallest absolute Gasteiger partial charge is 0.247 e. The van der Waals surface area contributed by atoms with Gasteiger partial charge in [-0.15, -0.1) is 0 Å². The van der Waals surface area contributed by atoms with Crippen LogP contribution in [0, 0.1) is 10.6 Å². The SMILES string of the molecule is Cc1cc(C(F)F)c(CBr)c(I)n1. The Kier molecular flexibility index (Phi) is 4.03. The lowest BCUT2D eigenvalue weighted by atomic mass is 10.1. The van der Waals surface area contributed by atoms with Gasteiger partial charge in [0.1, 0.15) is 3.70 Å². The molecule has 0 spiro atoms. The minimum Gasteiger partial charge on any atom is -0.247 e. The molecule has 1 aromatic rings. The lowest BCUT2D eigenvalue weighted by Gasteiger charge is -2.08. The summed E-state index contributed by atoms with van der Waals surface area (Å²) in [5, 5.41) is 0.415. The average molecular weight is 362 g/mol. The Morgan fingerprint density at radius 3 is 2.69 bits per heavy atom. The summed E-state index contributed by atoms with van der Waals surface area (Å²) in [6, 6.07) is 1.43. The molecule has 0 aliphatic heterocycles. The van der Waals surface area contributed by atoms with Crippen LogP contribution in [0.3, 0.4) is 0 Å². The number of hydrogen-bond acceptors (Lipinski definition) is 1. The van der Waals surface area contributed by atoms with Gasteiger partial charge in [-0.3, -0.25) is 0 Å².